The third kappa shape index (κ3) is 4.84. The van der Waals surface area contributed by atoms with E-state index in [1.165, 1.54) is 44.1 Å². The maximum atomic E-state index is 5.70. The number of rotatable bonds is 4. The summed E-state index contributed by atoms with van der Waals surface area (Å²) in [6.07, 6.45) is 8.19. The first-order valence-corrected chi connectivity index (χ1v) is 8.34. The molecule has 2 rings (SSSR count). The highest BCUT2D eigenvalue weighted by Crippen LogP contribution is 2.26. The third-order valence-corrected chi connectivity index (χ3v) is 4.64. The number of benzene rings is 1. The van der Waals surface area contributed by atoms with E-state index in [0.29, 0.717) is 5.82 Å². The van der Waals surface area contributed by atoms with Gasteiger partial charge in [-0.1, -0.05) is 62.7 Å². The van der Waals surface area contributed by atoms with Gasteiger partial charge in [-0.15, -0.1) is 0 Å². The molecule has 2 heteroatoms. The van der Waals surface area contributed by atoms with Crippen LogP contribution in [0, 0.1) is 17.8 Å². The Morgan fingerprint density at radius 3 is 2.77 bits per heavy atom. The van der Waals surface area contributed by atoms with E-state index in [-0.39, 0.29) is 6.04 Å². The number of nitrogens with two attached hydrogens (primary N) is 1. The molecule has 1 aliphatic rings. The second-order valence-corrected chi connectivity index (χ2v) is 6.46. The smallest absolute Gasteiger partial charge is 0.0919 e. The molecular formula is C20H28N2. The first kappa shape index (κ1) is 16.5. The van der Waals surface area contributed by atoms with Crippen LogP contribution in [0.15, 0.2) is 36.7 Å². The summed E-state index contributed by atoms with van der Waals surface area (Å²) in [7, 11) is 1.92. The zero-order valence-corrected chi connectivity index (χ0v) is 13.9. The predicted octanol–water partition coefficient (Wildman–Crippen LogP) is 3.91. The van der Waals surface area contributed by atoms with Crippen molar-refractivity contribution in [1.29, 1.82) is 0 Å². The van der Waals surface area contributed by atoms with Crippen LogP contribution in [0.25, 0.3) is 0 Å². The van der Waals surface area contributed by atoms with Gasteiger partial charge in [0.25, 0.3) is 0 Å². The average Bonchev–Trinajstić information content (AvgIpc) is 2.53. The van der Waals surface area contributed by atoms with Crippen molar-refractivity contribution < 1.29 is 0 Å². The molecule has 0 heterocycles. The van der Waals surface area contributed by atoms with Crippen molar-refractivity contribution in [3.63, 3.8) is 0 Å². The van der Waals surface area contributed by atoms with Gasteiger partial charge in [0.2, 0.25) is 0 Å². The van der Waals surface area contributed by atoms with E-state index in [2.05, 4.69) is 42.7 Å². The summed E-state index contributed by atoms with van der Waals surface area (Å²) in [6.45, 7) is 5.78. The summed E-state index contributed by atoms with van der Waals surface area (Å²) in [5.74, 6) is 7.93. The topological polar surface area (TPSA) is 29.3 Å². The van der Waals surface area contributed by atoms with E-state index in [1.807, 2.05) is 18.9 Å². The lowest BCUT2D eigenvalue weighted by Gasteiger charge is -2.22. The molecule has 1 aromatic rings. The van der Waals surface area contributed by atoms with Gasteiger partial charge < -0.3 is 10.6 Å². The van der Waals surface area contributed by atoms with E-state index in [4.69, 9.17) is 5.73 Å². The van der Waals surface area contributed by atoms with Gasteiger partial charge in [0.15, 0.2) is 0 Å². The summed E-state index contributed by atoms with van der Waals surface area (Å²) in [4.78, 5) is 1.89. The molecule has 0 aromatic heterocycles. The fourth-order valence-electron chi connectivity index (χ4n) is 3.03. The molecule has 1 atom stereocenters. The molecule has 0 bridgehead atoms. The van der Waals surface area contributed by atoms with Crippen molar-refractivity contribution in [3.8, 4) is 11.8 Å². The van der Waals surface area contributed by atoms with Crippen molar-refractivity contribution in [2.24, 2.45) is 11.7 Å². The van der Waals surface area contributed by atoms with Gasteiger partial charge in [0.1, 0.15) is 0 Å². The Morgan fingerprint density at radius 1 is 1.36 bits per heavy atom. The van der Waals surface area contributed by atoms with E-state index in [1.54, 1.807) is 0 Å². The number of nitrogens with zero attached hydrogens (tertiary/aromatic N) is 1. The summed E-state index contributed by atoms with van der Waals surface area (Å²) in [5, 5.41) is 0. The Morgan fingerprint density at radius 2 is 2.09 bits per heavy atom. The van der Waals surface area contributed by atoms with Crippen LogP contribution < -0.4 is 5.73 Å². The van der Waals surface area contributed by atoms with Crippen molar-refractivity contribution in [3.05, 3.63) is 47.8 Å². The molecule has 2 N–H and O–H groups in total. The van der Waals surface area contributed by atoms with Crippen molar-refractivity contribution in [2.75, 3.05) is 7.05 Å². The summed E-state index contributed by atoms with van der Waals surface area (Å²) >= 11 is 0. The predicted molar refractivity (Wildman–Crippen MR) is 94.2 cm³/mol. The fraction of sp³-hybridized carbons (Fsp3) is 0.500. The van der Waals surface area contributed by atoms with Gasteiger partial charge in [0.05, 0.1) is 11.9 Å². The quantitative estimate of drug-likeness (QED) is 0.854. The molecule has 0 amide bonds. The Hall–Kier alpha value is -1.88. The molecule has 2 nitrogen and oxygen atoms in total. The first-order chi connectivity index (χ1) is 10.6. The van der Waals surface area contributed by atoms with Gasteiger partial charge in [-0.3, -0.25) is 0 Å². The second kappa shape index (κ2) is 7.94. The van der Waals surface area contributed by atoms with Crippen LogP contribution in [-0.4, -0.2) is 18.0 Å². The van der Waals surface area contributed by atoms with Gasteiger partial charge in [0, 0.05) is 12.6 Å². The molecule has 118 valence electrons. The molecule has 1 aromatic carbocycles. The van der Waals surface area contributed by atoms with E-state index in [9.17, 15) is 0 Å². The minimum Gasteiger partial charge on any atom is -0.386 e. The molecule has 0 spiro atoms. The van der Waals surface area contributed by atoms with Crippen LogP contribution in [0.1, 0.15) is 50.2 Å². The van der Waals surface area contributed by atoms with E-state index in [0.717, 1.165) is 11.5 Å². The first-order valence-electron chi connectivity index (χ1n) is 8.34. The van der Waals surface area contributed by atoms with Crippen LogP contribution in [0.5, 0.6) is 0 Å². The summed E-state index contributed by atoms with van der Waals surface area (Å²) < 4.78 is 0. The Kier molecular flexibility index (Phi) is 5.95. The molecule has 0 aliphatic heterocycles. The van der Waals surface area contributed by atoms with Crippen LogP contribution in [0.3, 0.4) is 0 Å². The summed E-state index contributed by atoms with van der Waals surface area (Å²) in [6, 6.07) is 8.75. The van der Waals surface area contributed by atoms with Crippen LogP contribution in [0.2, 0.25) is 0 Å². The highest BCUT2D eigenvalue weighted by Gasteiger charge is 2.13. The van der Waals surface area contributed by atoms with Gasteiger partial charge in [-0.05, 0) is 37.0 Å². The SMILES string of the molecule is C=C(N)N(C)C(C)C#Cc1cccc(CC2CCCCC2)c1. The number of hydrogen-bond acceptors (Lipinski definition) is 2. The molecule has 1 unspecified atom stereocenters. The lowest BCUT2D eigenvalue weighted by Crippen LogP contribution is -2.30. The zero-order valence-electron chi connectivity index (χ0n) is 13.9. The average molecular weight is 296 g/mol. The van der Waals surface area contributed by atoms with Crippen LogP contribution in [-0.2, 0) is 6.42 Å². The van der Waals surface area contributed by atoms with E-state index >= 15 is 0 Å². The molecule has 0 saturated heterocycles. The molecule has 22 heavy (non-hydrogen) atoms. The van der Waals surface area contributed by atoms with Gasteiger partial charge in [-0.25, -0.2) is 0 Å². The molecule has 1 aliphatic carbocycles. The zero-order chi connectivity index (χ0) is 15.9. The lowest BCUT2D eigenvalue weighted by molar-refractivity contribution is 0.356. The van der Waals surface area contributed by atoms with Crippen molar-refractivity contribution in [2.45, 2.75) is 51.5 Å². The monoisotopic (exact) mass is 296 g/mol. The third-order valence-electron chi connectivity index (χ3n) is 4.64. The highest BCUT2D eigenvalue weighted by molar-refractivity contribution is 5.38. The van der Waals surface area contributed by atoms with Crippen LogP contribution >= 0.6 is 0 Å². The normalized spacial score (nSPS) is 16.5. The fourth-order valence-corrected chi connectivity index (χ4v) is 3.03. The Bertz CT molecular complexity index is 559. The number of hydrogen-bond donors (Lipinski definition) is 1. The Labute approximate surface area is 135 Å². The van der Waals surface area contributed by atoms with Gasteiger partial charge >= 0.3 is 0 Å². The Balaban J connectivity index is 2.00. The maximum absolute atomic E-state index is 5.70. The summed E-state index contributed by atoms with van der Waals surface area (Å²) in [5.41, 5.74) is 8.21. The van der Waals surface area contributed by atoms with Crippen LogP contribution in [0.4, 0.5) is 0 Å². The molecule has 1 saturated carbocycles. The second-order valence-electron chi connectivity index (χ2n) is 6.46. The van der Waals surface area contributed by atoms with Crippen molar-refractivity contribution >= 4 is 0 Å². The maximum Gasteiger partial charge on any atom is 0.0919 e. The standard InChI is InChI=1S/C20H28N2/c1-16(22(3)17(2)21)12-13-19-10-7-11-20(15-19)14-18-8-5-4-6-9-18/h7,10-11,15-16,18H,2,4-6,8-9,14,21H2,1,3H3. The molecular weight excluding hydrogens is 268 g/mol. The van der Waals surface area contributed by atoms with Crippen molar-refractivity contribution in [1.82, 2.24) is 4.90 Å². The molecule has 0 radical (unpaired) electrons. The molecule has 1 fully saturated rings. The van der Waals surface area contributed by atoms with E-state index < -0.39 is 0 Å². The highest BCUT2D eigenvalue weighted by atomic mass is 15.2. The minimum atomic E-state index is 0.0690. The van der Waals surface area contributed by atoms with Gasteiger partial charge in [-0.2, -0.15) is 0 Å². The minimum absolute atomic E-state index is 0.0690. The largest absolute Gasteiger partial charge is 0.386 e. The lowest BCUT2D eigenvalue weighted by atomic mass is 9.85.